The van der Waals surface area contributed by atoms with Gasteiger partial charge in [-0.2, -0.15) is 0 Å². The fourth-order valence-electron chi connectivity index (χ4n) is 1.33. The smallest absolute Gasteiger partial charge is 0.242 e. The Labute approximate surface area is 102 Å². The fraction of sp³-hybridized carbons (Fsp3) is 0.750. The molecule has 5 nitrogen and oxygen atoms in total. The zero-order valence-electron chi connectivity index (χ0n) is 11.0. The van der Waals surface area contributed by atoms with E-state index in [1.807, 2.05) is 13.8 Å². The molecule has 1 unspecified atom stereocenters. The monoisotopic (exact) mass is 242 g/mol. The molecule has 98 valence electrons. The molecular weight excluding hydrogens is 220 g/mol. The van der Waals surface area contributed by atoms with Crippen LogP contribution in [0.1, 0.15) is 40.5 Å². The van der Waals surface area contributed by atoms with Gasteiger partial charge in [0.25, 0.3) is 0 Å². The maximum absolute atomic E-state index is 11.8. The lowest BCUT2D eigenvalue weighted by Crippen LogP contribution is -2.48. The fourth-order valence-corrected chi connectivity index (χ4v) is 1.33. The van der Waals surface area contributed by atoms with Crippen molar-refractivity contribution in [1.29, 1.82) is 0 Å². The van der Waals surface area contributed by atoms with Gasteiger partial charge in [-0.15, -0.1) is 0 Å². The zero-order valence-corrected chi connectivity index (χ0v) is 11.0. The van der Waals surface area contributed by atoms with Gasteiger partial charge in [0, 0.05) is 6.42 Å². The molecule has 0 radical (unpaired) electrons. The molecule has 0 bridgehead atoms. The summed E-state index contributed by atoms with van der Waals surface area (Å²) < 4.78 is 0. The molecule has 0 aromatic carbocycles. The highest BCUT2D eigenvalue weighted by molar-refractivity contribution is 5.90. The maximum Gasteiger partial charge on any atom is 0.242 e. The van der Waals surface area contributed by atoms with Crippen molar-refractivity contribution in [2.24, 2.45) is 5.92 Å². The SMILES string of the molecule is CCC(=O)NC(CC(C)C)C(=O)NCC(C)=O. The van der Waals surface area contributed by atoms with E-state index in [2.05, 4.69) is 10.6 Å². The first-order valence-electron chi connectivity index (χ1n) is 5.93. The summed E-state index contributed by atoms with van der Waals surface area (Å²) in [6.07, 6.45) is 0.907. The Bertz CT molecular complexity index is 287. The van der Waals surface area contributed by atoms with Gasteiger partial charge < -0.3 is 10.6 Å². The van der Waals surface area contributed by atoms with Gasteiger partial charge in [-0.1, -0.05) is 20.8 Å². The second-order valence-electron chi connectivity index (χ2n) is 4.52. The second kappa shape index (κ2) is 7.81. The summed E-state index contributed by atoms with van der Waals surface area (Å²) in [4.78, 5) is 33.8. The van der Waals surface area contributed by atoms with E-state index < -0.39 is 6.04 Å². The van der Waals surface area contributed by atoms with E-state index in [4.69, 9.17) is 0 Å². The standard InChI is InChI=1S/C12H22N2O3/c1-5-11(16)14-10(6-8(2)3)12(17)13-7-9(4)15/h8,10H,5-7H2,1-4H3,(H,13,17)(H,14,16). The van der Waals surface area contributed by atoms with Crippen LogP contribution in [-0.2, 0) is 14.4 Å². The van der Waals surface area contributed by atoms with Crippen LogP contribution in [0.3, 0.4) is 0 Å². The Balaban J connectivity index is 4.39. The van der Waals surface area contributed by atoms with E-state index in [9.17, 15) is 14.4 Å². The van der Waals surface area contributed by atoms with Crippen molar-refractivity contribution < 1.29 is 14.4 Å². The number of hydrogen-bond donors (Lipinski definition) is 2. The summed E-state index contributed by atoms with van der Waals surface area (Å²) in [5.41, 5.74) is 0. The number of amides is 2. The number of nitrogens with one attached hydrogen (secondary N) is 2. The molecule has 0 aliphatic heterocycles. The summed E-state index contributed by atoms with van der Waals surface area (Å²) in [5, 5.41) is 5.17. The first-order chi connectivity index (χ1) is 7.86. The Morgan fingerprint density at radius 2 is 1.76 bits per heavy atom. The molecule has 0 aliphatic rings. The van der Waals surface area contributed by atoms with Crippen LogP contribution in [0.25, 0.3) is 0 Å². The van der Waals surface area contributed by atoms with Gasteiger partial charge in [-0.25, -0.2) is 0 Å². The van der Waals surface area contributed by atoms with Gasteiger partial charge in [0.1, 0.15) is 11.8 Å². The van der Waals surface area contributed by atoms with Crippen LogP contribution in [0.4, 0.5) is 0 Å². The molecule has 0 saturated carbocycles. The van der Waals surface area contributed by atoms with Gasteiger partial charge >= 0.3 is 0 Å². The maximum atomic E-state index is 11.8. The summed E-state index contributed by atoms with van der Waals surface area (Å²) in [6, 6.07) is -0.554. The third-order valence-corrected chi connectivity index (χ3v) is 2.19. The molecule has 0 aromatic heterocycles. The molecule has 2 amide bonds. The molecule has 0 rings (SSSR count). The van der Waals surface area contributed by atoms with Gasteiger partial charge in [0.15, 0.2) is 0 Å². The Hall–Kier alpha value is -1.39. The van der Waals surface area contributed by atoms with Crippen molar-refractivity contribution in [3.63, 3.8) is 0 Å². The van der Waals surface area contributed by atoms with Crippen molar-refractivity contribution in [1.82, 2.24) is 10.6 Å². The number of Topliss-reactive ketones (excluding diaryl/α,β-unsaturated/α-hetero) is 1. The molecule has 0 aromatic rings. The molecular formula is C12H22N2O3. The van der Waals surface area contributed by atoms with Crippen LogP contribution < -0.4 is 10.6 Å². The molecule has 0 saturated heterocycles. The van der Waals surface area contributed by atoms with Crippen molar-refractivity contribution in [2.45, 2.75) is 46.6 Å². The summed E-state index contributed by atoms with van der Waals surface area (Å²) >= 11 is 0. The van der Waals surface area contributed by atoms with Crippen molar-refractivity contribution in [3.05, 3.63) is 0 Å². The predicted octanol–water partition coefficient (Wildman–Crippen LogP) is 0.632. The van der Waals surface area contributed by atoms with Crippen molar-refractivity contribution >= 4 is 17.6 Å². The largest absolute Gasteiger partial charge is 0.347 e. The number of carbonyl (C=O) groups excluding carboxylic acids is 3. The van der Waals surface area contributed by atoms with E-state index in [-0.39, 0.29) is 24.1 Å². The van der Waals surface area contributed by atoms with E-state index in [1.165, 1.54) is 6.92 Å². The quantitative estimate of drug-likeness (QED) is 0.687. The molecule has 5 heteroatoms. The second-order valence-corrected chi connectivity index (χ2v) is 4.52. The molecule has 0 heterocycles. The molecule has 17 heavy (non-hydrogen) atoms. The lowest BCUT2D eigenvalue weighted by molar-refractivity contribution is -0.130. The van der Waals surface area contributed by atoms with E-state index in [1.54, 1.807) is 6.92 Å². The van der Waals surface area contributed by atoms with Crippen LogP contribution in [0.15, 0.2) is 0 Å². The van der Waals surface area contributed by atoms with Gasteiger partial charge in [-0.05, 0) is 19.3 Å². The molecule has 0 fully saturated rings. The summed E-state index contributed by atoms with van der Waals surface area (Å²) in [5.74, 6) is -0.270. The third-order valence-electron chi connectivity index (χ3n) is 2.19. The Morgan fingerprint density at radius 1 is 1.18 bits per heavy atom. The van der Waals surface area contributed by atoms with Crippen LogP contribution in [0, 0.1) is 5.92 Å². The molecule has 0 aliphatic carbocycles. The highest BCUT2D eigenvalue weighted by atomic mass is 16.2. The Kier molecular flexibility index (Phi) is 7.18. The average molecular weight is 242 g/mol. The molecule has 1 atom stereocenters. The number of hydrogen-bond acceptors (Lipinski definition) is 3. The minimum Gasteiger partial charge on any atom is -0.347 e. The normalized spacial score (nSPS) is 12.1. The lowest BCUT2D eigenvalue weighted by atomic mass is 10.0. The van der Waals surface area contributed by atoms with Gasteiger partial charge in [-0.3, -0.25) is 14.4 Å². The number of carbonyl (C=O) groups is 3. The first kappa shape index (κ1) is 15.6. The predicted molar refractivity (Wildman–Crippen MR) is 65.4 cm³/mol. The van der Waals surface area contributed by atoms with Crippen LogP contribution >= 0.6 is 0 Å². The van der Waals surface area contributed by atoms with Gasteiger partial charge in [0.2, 0.25) is 11.8 Å². The first-order valence-corrected chi connectivity index (χ1v) is 5.93. The van der Waals surface area contributed by atoms with Crippen LogP contribution in [-0.4, -0.2) is 30.2 Å². The topological polar surface area (TPSA) is 75.3 Å². The van der Waals surface area contributed by atoms with Crippen molar-refractivity contribution in [2.75, 3.05) is 6.54 Å². The summed E-state index contributed by atoms with van der Waals surface area (Å²) in [7, 11) is 0. The van der Waals surface area contributed by atoms with E-state index >= 15 is 0 Å². The van der Waals surface area contributed by atoms with E-state index in [0.717, 1.165) is 0 Å². The molecule has 0 spiro atoms. The highest BCUT2D eigenvalue weighted by Gasteiger charge is 2.21. The minimum absolute atomic E-state index is 0.00935. The summed E-state index contributed by atoms with van der Waals surface area (Å²) in [6.45, 7) is 7.10. The van der Waals surface area contributed by atoms with Gasteiger partial charge in [0.05, 0.1) is 6.54 Å². The van der Waals surface area contributed by atoms with Crippen LogP contribution in [0.5, 0.6) is 0 Å². The zero-order chi connectivity index (χ0) is 13.4. The lowest BCUT2D eigenvalue weighted by Gasteiger charge is -2.19. The number of rotatable bonds is 7. The average Bonchev–Trinajstić information content (AvgIpc) is 2.23. The minimum atomic E-state index is -0.554. The van der Waals surface area contributed by atoms with E-state index in [0.29, 0.717) is 18.8 Å². The molecule has 2 N–H and O–H groups in total. The van der Waals surface area contributed by atoms with Crippen molar-refractivity contribution in [3.8, 4) is 0 Å². The number of ketones is 1. The van der Waals surface area contributed by atoms with Crippen LogP contribution in [0.2, 0.25) is 0 Å². The Morgan fingerprint density at radius 3 is 2.18 bits per heavy atom. The highest BCUT2D eigenvalue weighted by Crippen LogP contribution is 2.05. The third kappa shape index (κ3) is 7.49.